The quantitative estimate of drug-likeness (QED) is 0.871. The number of anilines is 1. The van der Waals surface area contributed by atoms with E-state index in [9.17, 15) is 4.79 Å². The molecule has 1 aromatic carbocycles. The lowest BCUT2D eigenvalue weighted by atomic mass is 9.99. The van der Waals surface area contributed by atoms with Gasteiger partial charge in [0.15, 0.2) is 0 Å². The number of hydrogen-bond donors (Lipinski definition) is 2. The third-order valence-electron chi connectivity index (χ3n) is 3.15. The molecule has 4 nitrogen and oxygen atoms in total. The van der Waals surface area contributed by atoms with Gasteiger partial charge < -0.3 is 15.4 Å². The van der Waals surface area contributed by atoms with Gasteiger partial charge in [0.2, 0.25) is 5.91 Å². The van der Waals surface area contributed by atoms with Crippen LogP contribution in [0.25, 0.3) is 0 Å². The fourth-order valence-electron chi connectivity index (χ4n) is 2.13. The summed E-state index contributed by atoms with van der Waals surface area (Å²) in [4.78, 5) is 11.7. The van der Waals surface area contributed by atoms with E-state index in [1.807, 2.05) is 0 Å². The van der Waals surface area contributed by atoms with Gasteiger partial charge in [0.25, 0.3) is 0 Å². The van der Waals surface area contributed by atoms with E-state index in [2.05, 4.69) is 10.6 Å². The first kappa shape index (κ1) is 14.3. The van der Waals surface area contributed by atoms with Gasteiger partial charge in [-0.1, -0.05) is 17.7 Å². The van der Waals surface area contributed by atoms with Crippen LogP contribution < -0.4 is 10.6 Å². The van der Waals surface area contributed by atoms with Crippen LogP contribution in [-0.4, -0.2) is 32.2 Å². The van der Waals surface area contributed by atoms with Crippen LogP contribution >= 0.6 is 11.6 Å². The molecule has 19 heavy (non-hydrogen) atoms. The second kappa shape index (κ2) is 7.48. The van der Waals surface area contributed by atoms with Crippen molar-refractivity contribution in [2.75, 3.05) is 31.6 Å². The summed E-state index contributed by atoms with van der Waals surface area (Å²) in [7, 11) is 0. The number of ether oxygens (including phenoxy) is 1. The van der Waals surface area contributed by atoms with Gasteiger partial charge in [-0.15, -0.1) is 0 Å². The molecule has 0 radical (unpaired) electrons. The molecule has 1 aliphatic heterocycles. The predicted octanol–water partition coefficient (Wildman–Crippen LogP) is 2.29. The number of rotatable bonds is 5. The van der Waals surface area contributed by atoms with Crippen LogP contribution in [0.2, 0.25) is 5.02 Å². The Morgan fingerprint density at radius 1 is 1.42 bits per heavy atom. The molecule has 104 valence electrons. The monoisotopic (exact) mass is 282 g/mol. The first-order chi connectivity index (χ1) is 9.24. The Hall–Kier alpha value is -1.10. The number of halogens is 1. The number of carbonyl (C=O) groups is 1. The lowest BCUT2D eigenvalue weighted by molar-refractivity contribution is -0.121. The topological polar surface area (TPSA) is 50.4 Å². The van der Waals surface area contributed by atoms with Gasteiger partial charge in [0.1, 0.15) is 6.61 Å². The minimum atomic E-state index is -0.142. The highest BCUT2D eigenvalue weighted by atomic mass is 35.5. The molecule has 1 saturated heterocycles. The standard InChI is InChI=1S/C14H19ClN2O2/c15-12-2-1-3-13(8-12)17-14(18)10-19-9-11-4-6-16-7-5-11/h1-3,8,11,16H,4-7,9-10H2,(H,17,18). The van der Waals surface area contributed by atoms with Crippen molar-refractivity contribution in [3.63, 3.8) is 0 Å². The summed E-state index contributed by atoms with van der Waals surface area (Å²) in [5.74, 6) is 0.427. The summed E-state index contributed by atoms with van der Waals surface area (Å²) in [6, 6.07) is 7.08. The summed E-state index contributed by atoms with van der Waals surface area (Å²) in [6.07, 6.45) is 2.24. The summed E-state index contributed by atoms with van der Waals surface area (Å²) < 4.78 is 5.46. The Balaban J connectivity index is 1.67. The van der Waals surface area contributed by atoms with E-state index < -0.39 is 0 Å². The zero-order chi connectivity index (χ0) is 13.5. The van der Waals surface area contributed by atoms with Gasteiger partial charge in [0.05, 0.1) is 6.61 Å². The zero-order valence-corrected chi connectivity index (χ0v) is 11.6. The second-order valence-electron chi connectivity index (χ2n) is 4.77. The molecule has 0 spiro atoms. The van der Waals surface area contributed by atoms with Crippen molar-refractivity contribution in [3.8, 4) is 0 Å². The Kier molecular flexibility index (Phi) is 5.63. The molecule has 1 heterocycles. The van der Waals surface area contributed by atoms with Crippen LogP contribution in [0, 0.1) is 5.92 Å². The van der Waals surface area contributed by atoms with Gasteiger partial charge in [0, 0.05) is 10.7 Å². The van der Waals surface area contributed by atoms with Crippen molar-refractivity contribution < 1.29 is 9.53 Å². The first-order valence-electron chi connectivity index (χ1n) is 6.58. The lowest BCUT2D eigenvalue weighted by Gasteiger charge is -2.22. The fourth-order valence-corrected chi connectivity index (χ4v) is 2.32. The molecule has 0 saturated carbocycles. The molecule has 0 aliphatic carbocycles. The molecule has 0 atom stereocenters. The van der Waals surface area contributed by atoms with Gasteiger partial charge >= 0.3 is 0 Å². The lowest BCUT2D eigenvalue weighted by Crippen LogP contribution is -2.30. The highest BCUT2D eigenvalue weighted by Crippen LogP contribution is 2.15. The highest BCUT2D eigenvalue weighted by Gasteiger charge is 2.13. The Morgan fingerprint density at radius 2 is 2.21 bits per heavy atom. The SMILES string of the molecule is O=C(COCC1CCNCC1)Nc1cccc(Cl)c1. The maximum atomic E-state index is 11.7. The van der Waals surface area contributed by atoms with E-state index in [1.165, 1.54) is 0 Å². The zero-order valence-electron chi connectivity index (χ0n) is 10.8. The first-order valence-corrected chi connectivity index (χ1v) is 6.96. The van der Waals surface area contributed by atoms with Crippen molar-refractivity contribution in [1.82, 2.24) is 5.32 Å². The van der Waals surface area contributed by atoms with Crippen LogP contribution in [-0.2, 0) is 9.53 Å². The number of carbonyl (C=O) groups excluding carboxylic acids is 1. The number of hydrogen-bond acceptors (Lipinski definition) is 3. The summed E-state index contributed by atoms with van der Waals surface area (Å²) >= 11 is 5.85. The Bertz CT molecular complexity index is 420. The molecule has 0 unspecified atom stereocenters. The van der Waals surface area contributed by atoms with E-state index in [4.69, 9.17) is 16.3 Å². The van der Waals surface area contributed by atoms with Crippen molar-refractivity contribution in [1.29, 1.82) is 0 Å². The minimum Gasteiger partial charge on any atom is -0.371 e. The molecular weight excluding hydrogens is 264 g/mol. The van der Waals surface area contributed by atoms with E-state index in [-0.39, 0.29) is 12.5 Å². The third-order valence-corrected chi connectivity index (χ3v) is 3.39. The van der Waals surface area contributed by atoms with Gasteiger partial charge in [-0.2, -0.15) is 0 Å². The van der Waals surface area contributed by atoms with Gasteiger partial charge in [-0.05, 0) is 50.0 Å². The molecule has 1 fully saturated rings. The molecule has 2 rings (SSSR count). The molecule has 0 aromatic heterocycles. The number of benzene rings is 1. The number of amides is 1. The largest absolute Gasteiger partial charge is 0.371 e. The normalized spacial score (nSPS) is 16.3. The summed E-state index contributed by atoms with van der Waals surface area (Å²) in [5, 5.41) is 6.67. The van der Waals surface area contributed by atoms with Crippen LogP contribution in [0.1, 0.15) is 12.8 Å². The minimum absolute atomic E-state index is 0.0937. The van der Waals surface area contributed by atoms with Crippen molar-refractivity contribution in [2.45, 2.75) is 12.8 Å². The summed E-state index contributed by atoms with van der Waals surface area (Å²) in [5.41, 5.74) is 0.697. The van der Waals surface area contributed by atoms with Crippen LogP contribution in [0.15, 0.2) is 24.3 Å². The van der Waals surface area contributed by atoms with Gasteiger partial charge in [-0.3, -0.25) is 4.79 Å². The smallest absolute Gasteiger partial charge is 0.250 e. The third kappa shape index (κ3) is 5.19. The molecule has 1 amide bonds. The molecule has 1 aliphatic rings. The van der Waals surface area contributed by atoms with Crippen LogP contribution in [0.3, 0.4) is 0 Å². The molecule has 5 heteroatoms. The van der Waals surface area contributed by atoms with E-state index >= 15 is 0 Å². The number of nitrogens with one attached hydrogen (secondary N) is 2. The Labute approximate surface area is 118 Å². The maximum absolute atomic E-state index is 11.7. The Morgan fingerprint density at radius 3 is 2.95 bits per heavy atom. The molecular formula is C14H19ClN2O2. The van der Waals surface area contributed by atoms with Crippen molar-refractivity contribution >= 4 is 23.2 Å². The van der Waals surface area contributed by atoms with Crippen LogP contribution in [0.4, 0.5) is 5.69 Å². The van der Waals surface area contributed by atoms with Crippen molar-refractivity contribution in [2.24, 2.45) is 5.92 Å². The molecule has 2 N–H and O–H groups in total. The number of piperidine rings is 1. The van der Waals surface area contributed by atoms with E-state index in [1.54, 1.807) is 24.3 Å². The van der Waals surface area contributed by atoms with E-state index in [0.717, 1.165) is 25.9 Å². The van der Waals surface area contributed by atoms with Crippen LogP contribution in [0.5, 0.6) is 0 Å². The molecule has 0 bridgehead atoms. The maximum Gasteiger partial charge on any atom is 0.250 e. The highest BCUT2D eigenvalue weighted by molar-refractivity contribution is 6.30. The van der Waals surface area contributed by atoms with Gasteiger partial charge in [-0.25, -0.2) is 0 Å². The van der Waals surface area contributed by atoms with E-state index in [0.29, 0.717) is 23.2 Å². The predicted molar refractivity (Wildman–Crippen MR) is 76.5 cm³/mol. The average Bonchev–Trinajstić information content (AvgIpc) is 2.40. The molecule has 1 aromatic rings. The fraction of sp³-hybridized carbons (Fsp3) is 0.500. The van der Waals surface area contributed by atoms with Crippen molar-refractivity contribution in [3.05, 3.63) is 29.3 Å². The average molecular weight is 283 g/mol. The second-order valence-corrected chi connectivity index (χ2v) is 5.20. The summed E-state index contributed by atoms with van der Waals surface area (Å²) in [6.45, 7) is 2.84.